The first-order valence-corrected chi connectivity index (χ1v) is 14.5. The van der Waals surface area contributed by atoms with Crippen molar-refractivity contribution in [3.8, 4) is 5.69 Å². The summed E-state index contributed by atoms with van der Waals surface area (Å²) in [5.41, 5.74) is 7.37. The summed E-state index contributed by atoms with van der Waals surface area (Å²) >= 11 is 0. The predicted octanol–water partition coefficient (Wildman–Crippen LogP) is 10.8. The van der Waals surface area contributed by atoms with E-state index in [1.807, 2.05) is 0 Å². The van der Waals surface area contributed by atoms with Gasteiger partial charge < -0.3 is 8.97 Å². The van der Waals surface area contributed by atoms with Gasteiger partial charge in [0.2, 0.25) is 0 Å². The van der Waals surface area contributed by atoms with Gasteiger partial charge in [-0.1, -0.05) is 115 Å². The highest BCUT2D eigenvalue weighted by Crippen LogP contribution is 2.41. The Balaban J connectivity index is 1.43. The van der Waals surface area contributed by atoms with Gasteiger partial charge in [-0.25, -0.2) is 0 Å². The molecule has 0 aliphatic rings. The number of hydrogen-bond acceptors (Lipinski definition) is 0. The zero-order valence-corrected chi connectivity index (χ0v) is 22.8. The summed E-state index contributed by atoms with van der Waals surface area (Å²) in [6.45, 7) is 0. The second kappa shape index (κ2) is 7.99. The maximum atomic E-state index is 2.50. The van der Waals surface area contributed by atoms with Gasteiger partial charge in [0.1, 0.15) is 0 Å². The Bertz CT molecular complexity index is 2740. The third kappa shape index (κ3) is 2.78. The van der Waals surface area contributed by atoms with Crippen LogP contribution in [0.2, 0.25) is 0 Å². The van der Waals surface area contributed by atoms with Crippen molar-refractivity contribution in [2.24, 2.45) is 0 Å². The van der Waals surface area contributed by atoms with E-state index in [9.17, 15) is 0 Å². The lowest BCUT2D eigenvalue weighted by molar-refractivity contribution is 1.18. The first kappa shape index (κ1) is 22.1. The largest absolute Gasteiger partial charge is 0.307 e. The molecule has 0 aliphatic heterocycles. The molecular formula is C40H24N2. The Morgan fingerprint density at radius 3 is 1.71 bits per heavy atom. The van der Waals surface area contributed by atoms with E-state index in [1.165, 1.54) is 87.1 Å². The first-order valence-electron chi connectivity index (χ1n) is 14.5. The van der Waals surface area contributed by atoms with Crippen LogP contribution in [0.1, 0.15) is 0 Å². The number of aromatic nitrogens is 2. The van der Waals surface area contributed by atoms with Crippen molar-refractivity contribution >= 4 is 81.4 Å². The zero-order chi connectivity index (χ0) is 27.4. The third-order valence-corrected chi connectivity index (χ3v) is 9.22. The van der Waals surface area contributed by atoms with Gasteiger partial charge in [-0.05, 0) is 57.3 Å². The number of pyridine rings is 1. The molecule has 0 saturated carbocycles. The molecular weight excluding hydrogens is 508 g/mol. The molecule has 0 saturated heterocycles. The molecule has 3 aromatic heterocycles. The molecule has 0 aliphatic carbocycles. The van der Waals surface area contributed by atoms with E-state index >= 15 is 0 Å². The minimum absolute atomic E-state index is 1.18. The topological polar surface area (TPSA) is 9.34 Å². The molecule has 0 atom stereocenters. The lowest BCUT2D eigenvalue weighted by Crippen LogP contribution is -1.97. The standard InChI is InChI=1S/C40H24N2/c1-2-10-29-25(9-1)17-18-26-23-28(20-22-30(26)29)41-36-15-7-6-14-34(36)35-21-19-27-24-38-33-13-4-3-11-31(33)32-12-5-8-16-37(32)42(38)39(27)40(35)41/h1-24H. The van der Waals surface area contributed by atoms with E-state index in [1.54, 1.807) is 0 Å². The lowest BCUT2D eigenvalue weighted by atomic mass is 10.0. The Kier molecular flexibility index (Phi) is 4.21. The summed E-state index contributed by atoms with van der Waals surface area (Å²) in [6.07, 6.45) is 0. The van der Waals surface area contributed by atoms with Crippen LogP contribution in [-0.4, -0.2) is 8.97 Å². The highest BCUT2D eigenvalue weighted by Gasteiger charge is 2.20. The number of hydrogen-bond donors (Lipinski definition) is 0. The maximum Gasteiger partial charge on any atom is 0.0788 e. The van der Waals surface area contributed by atoms with Crippen LogP contribution in [0, 0.1) is 0 Å². The molecule has 0 radical (unpaired) electrons. The quantitative estimate of drug-likeness (QED) is 0.186. The average Bonchev–Trinajstić information content (AvgIpc) is 3.61. The monoisotopic (exact) mass is 532 g/mol. The van der Waals surface area contributed by atoms with Crippen LogP contribution in [0.15, 0.2) is 146 Å². The van der Waals surface area contributed by atoms with Crippen molar-refractivity contribution < 1.29 is 0 Å². The summed E-state index contributed by atoms with van der Waals surface area (Å²) in [4.78, 5) is 0. The molecule has 3 heterocycles. The number of fused-ring (bicyclic) bond motifs is 15. The van der Waals surface area contributed by atoms with Crippen molar-refractivity contribution in [3.05, 3.63) is 146 Å². The van der Waals surface area contributed by atoms with Crippen molar-refractivity contribution in [3.63, 3.8) is 0 Å². The van der Waals surface area contributed by atoms with E-state index in [2.05, 4.69) is 155 Å². The van der Waals surface area contributed by atoms with E-state index < -0.39 is 0 Å². The Morgan fingerprint density at radius 2 is 0.881 bits per heavy atom. The molecule has 0 unspecified atom stereocenters. The van der Waals surface area contributed by atoms with Crippen molar-refractivity contribution in [1.29, 1.82) is 0 Å². The number of nitrogens with zero attached hydrogens (tertiary/aromatic N) is 2. The van der Waals surface area contributed by atoms with Crippen LogP contribution in [0.4, 0.5) is 0 Å². The average molecular weight is 533 g/mol. The minimum Gasteiger partial charge on any atom is -0.307 e. The van der Waals surface area contributed by atoms with Gasteiger partial charge >= 0.3 is 0 Å². The molecule has 0 fully saturated rings. The smallest absolute Gasteiger partial charge is 0.0788 e. The maximum absolute atomic E-state index is 2.50. The molecule has 7 aromatic carbocycles. The van der Waals surface area contributed by atoms with Crippen LogP contribution < -0.4 is 0 Å². The second-order valence-corrected chi connectivity index (χ2v) is 11.4. The molecule has 2 nitrogen and oxygen atoms in total. The molecule has 0 spiro atoms. The van der Waals surface area contributed by atoms with Gasteiger partial charge in [-0.2, -0.15) is 0 Å². The van der Waals surface area contributed by atoms with E-state index in [0.29, 0.717) is 0 Å². The Hall–Kier alpha value is -5.60. The van der Waals surface area contributed by atoms with Crippen LogP contribution >= 0.6 is 0 Å². The Morgan fingerprint density at radius 1 is 0.310 bits per heavy atom. The molecule has 10 rings (SSSR count). The molecule has 0 amide bonds. The summed E-state index contributed by atoms with van der Waals surface area (Å²) in [5.74, 6) is 0. The highest BCUT2D eigenvalue weighted by molar-refractivity contribution is 6.23. The number of rotatable bonds is 1. The Labute approximate surface area is 241 Å². The van der Waals surface area contributed by atoms with E-state index in [-0.39, 0.29) is 0 Å². The van der Waals surface area contributed by atoms with Gasteiger partial charge in [-0.15, -0.1) is 0 Å². The SMILES string of the molecule is c1ccc2c(c1)ccc1cc(-n3c4ccccc4c4ccc5cc6c7ccccc7c7ccccc7n6c5c43)ccc12. The van der Waals surface area contributed by atoms with Crippen LogP contribution in [0.5, 0.6) is 0 Å². The van der Waals surface area contributed by atoms with Crippen molar-refractivity contribution in [2.45, 2.75) is 0 Å². The number of para-hydroxylation sites is 2. The summed E-state index contributed by atoms with van der Waals surface area (Å²) in [7, 11) is 0. The normalized spacial score (nSPS) is 12.3. The molecule has 10 aromatic rings. The third-order valence-electron chi connectivity index (χ3n) is 9.22. The second-order valence-electron chi connectivity index (χ2n) is 11.4. The van der Waals surface area contributed by atoms with E-state index in [0.717, 1.165) is 0 Å². The minimum atomic E-state index is 1.18. The zero-order valence-electron chi connectivity index (χ0n) is 22.8. The van der Waals surface area contributed by atoms with Crippen LogP contribution in [0.3, 0.4) is 0 Å². The molecule has 42 heavy (non-hydrogen) atoms. The number of benzene rings is 7. The highest BCUT2D eigenvalue weighted by atomic mass is 15.0. The first-order chi connectivity index (χ1) is 20.8. The van der Waals surface area contributed by atoms with Crippen LogP contribution in [-0.2, 0) is 0 Å². The fourth-order valence-corrected chi connectivity index (χ4v) is 7.43. The fourth-order valence-electron chi connectivity index (χ4n) is 7.43. The van der Waals surface area contributed by atoms with Crippen molar-refractivity contribution in [1.82, 2.24) is 8.97 Å². The lowest BCUT2D eigenvalue weighted by Gasteiger charge is -2.13. The van der Waals surface area contributed by atoms with Crippen molar-refractivity contribution in [2.75, 3.05) is 0 Å². The summed E-state index contributed by atoms with van der Waals surface area (Å²) in [6, 6.07) is 53.6. The molecule has 0 bridgehead atoms. The summed E-state index contributed by atoms with van der Waals surface area (Å²) < 4.78 is 4.98. The summed E-state index contributed by atoms with van der Waals surface area (Å²) in [5, 5.41) is 12.7. The van der Waals surface area contributed by atoms with Crippen LogP contribution in [0.25, 0.3) is 87.1 Å². The van der Waals surface area contributed by atoms with Gasteiger partial charge in [0.25, 0.3) is 0 Å². The molecule has 2 heteroatoms. The fraction of sp³-hybridized carbons (Fsp3) is 0. The van der Waals surface area contributed by atoms with Gasteiger partial charge in [0.05, 0.1) is 27.6 Å². The van der Waals surface area contributed by atoms with E-state index in [4.69, 9.17) is 0 Å². The van der Waals surface area contributed by atoms with Gasteiger partial charge in [0, 0.05) is 32.6 Å². The predicted molar refractivity (Wildman–Crippen MR) is 179 cm³/mol. The van der Waals surface area contributed by atoms with Gasteiger partial charge in [-0.3, -0.25) is 0 Å². The molecule has 194 valence electrons. The van der Waals surface area contributed by atoms with Gasteiger partial charge in [0.15, 0.2) is 0 Å². The molecule has 0 N–H and O–H groups in total.